The molecule has 0 radical (unpaired) electrons. The first-order valence-electron chi connectivity index (χ1n) is 10.2. The summed E-state index contributed by atoms with van der Waals surface area (Å²) < 4.78 is 65.7. The number of aromatic nitrogens is 1. The minimum absolute atomic E-state index is 0.00110. The second-order valence-corrected chi connectivity index (χ2v) is 10.7. The Morgan fingerprint density at radius 2 is 1.91 bits per heavy atom. The highest BCUT2D eigenvalue weighted by Gasteiger charge is 2.34. The Labute approximate surface area is 203 Å². The number of aryl methyl sites for hydroxylation is 1. The van der Waals surface area contributed by atoms with Crippen molar-refractivity contribution in [3.8, 4) is 0 Å². The number of hydrogen-bond donors (Lipinski definition) is 1. The molecular formula is C22H23BrF3N3O4S. The van der Waals surface area contributed by atoms with E-state index in [0.29, 0.717) is 47.6 Å². The van der Waals surface area contributed by atoms with Crippen molar-refractivity contribution in [2.45, 2.75) is 29.8 Å². The molecule has 1 fully saturated rings. The zero-order chi connectivity index (χ0) is 25.3. The summed E-state index contributed by atoms with van der Waals surface area (Å²) in [5.74, 6) is -0.699. The average molecular weight is 562 g/mol. The van der Waals surface area contributed by atoms with Crippen LogP contribution in [0.1, 0.15) is 16.7 Å². The van der Waals surface area contributed by atoms with Crippen LogP contribution in [0.5, 0.6) is 0 Å². The normalized spacial score (nSPS) is 16.3. The number of nitrogens with zero attached hydrogens (tertiary/aromatic N) is 3. The molecule has 1 saturated heterocycles. The summed E-state index contributed by atoms with van der Waals surface area (Å²) in [5.41, 5.74) is 0.116. The lowest BCUT2D eigenvalue weighted by Gasteiger charge is -2.38. The molecule has 0 amide bonds. The monoisotopic (exact) mass is 561 g/mol. The van der Waals surface area contributed by atoms with Gasteiger partial charge in [-0.1, -0.05) is 22.0 Å². The Morgan fingerprint density at radius 1 is 1.26 bits per heavy atom. The summed E-state index contributed by atoms with van der Waals surface area (Å²) in [6.45, 7) is 6.74. The lowest BCUT2D eigenvalue weighted by molar-refractivity contribution is -0.138. The predicted octanol–water partition coefficient (Wildman–Crippen LogP) is 3.91. The average Bonchev–Trinajstić information content (AvgIpc) is 2.76. The summed E-state index contributed by atoms with van der Waals surface area (Å²) in [4.78, 5) is 18.6. The van der Waals surface area contributed by atoms with Crippen molar-refractivity contribution in [2.75, 3.05) is 31.1 Å². The summed E-state index contributed by atoms with van der Waals surface area (Å²) in [6.07, 6.45) is -2.69. The third-order valence-corrected chi connectivity index (χ3v) is 8.72. The van der Waals surface area contributed by atoms with E-state index >= 15 is 0 Å². The van der Waals surface area contributed by atoms with Crippen molar-refractivity contribution in [1.29, 1.82) is 0 Å². The number of benzene rings is 1. The molecule has 2 heterocycles. The van der Waals surface area contributed by atoms with Gasteiger partial charge >= 0.3 is 12.1 Å². The molecule has 1 aromatic heterocycles. The summed E-state index contributed by atoms with van der Waals surface area (Å²) in [6, 6.07) is 5.12. The zero-order valence-electron chi connectivity index (χ0n) is 18.2. The van der Waals surface area contributed by atoms with Crippen molar-refractivity contribution < 1.29 is 31.5 Å². The van der Waals surface area contributed by atoms with Gasteiger partial charge in [-0.15, -0.1) is 6.58 Å². The Bertz CT molecular complexity index is 1180. The van der Waals surface area contributed by atoms with Gasteiger partial charge in [0.15, 0.2) is 9.84 Å². The highest BCUT2D eigenvalue weighted by atomic mass is 79.9. The highest BCUT2D eigenvalue weighted by molar-refractivity contribution is 9.10. The number of alkyl halides is 3. The van der Waals surface area contributed by atoms with Crippen LogP contribution in [-0.4, -0.2) is 60.9 Å². The van der Waals surface area contributed by atoms with Gasteiger partial charge in [0.1, 0.15) is 11.2 Å². The maximum atomic E-state index is 13.4. The van der Waals surface area contributed by atoms with Crippen molar-refractivity contribution >= 4 is 37.6 Å². The van der Waals surface area contributed by atoms with Crippen molar-refractivity contribution in [1.82, 2.24) is 9.88 Å². The number of rotatable bonds is 7. The topological polar surface area (TPSA) is 90.8 Å². The van der Waals surface area contributed by atoms with Crippen LogP contribution in [0, 0.1) is 6.92 Å². The number of carbonyl (C=O) groups is 1. The van der Waals surface area contributed by atoms with E-state index in [1.807, 2.05) is 0 Å². The molecule has 1 aliphatic heterocycles. The molecule has 0 bridgehead atoms. The number of carboxylic acids is 1. The van der Waals surface area contributed by atoms with Crippen LogP contribution in [0.25, 0.3) is 0 Å². The van der Waals surface area contributed by atoms with Crippen LogP contribution in [0.3, 0.4) is 0 Å². The lowest BCUT2D eigenvalue weighted by atomic mass is 10.1. The van der Waals surface area contributed by atoms with E-state index in [1.54, 1.807) is 16.7 Å². The molecule has 184 valence electrons. The van der Waals surface area contributed by atoms with E-state index < -0.39 is 32.9 Å². The Hall–Kier alpha value is -2.44. The number of carboxylic acid groups (broad SMARTS) is 1. The minimum Gasteiger partial charge on any atom is -0.481 e. The van der Waals surface area contributed by atoms with Gasteiger partial charge < -0.3 is 10.0 Å². The Morgan fingerprint density at radius 3 is 2.41 bits per heavy atom. The molecule has 1 N–H and O–H groups in total. The number of halogens is 4. The van der Waals surface area contributed by atoms with Gasteiger partial charge in [-0.25, -0.2) is 13.4 Å². The molecule has 1 aromatic carbocycles. The van der Waals surface area contributed by atoms with Crippen molar-refractivity contribution in [3.63, 3.8) is 0 Å². The summed E-state index contributed by atoms with van der Waals surface area (Å²) >= 11 is 3.32. The Balaban J connectivity index is 1.78. The maximum absolute atomic E-state index is 13.4. The molecule has 34 heavy (non-hydrogen) atoms. The van der Waals surface area contributed by atoms with Gasteiger partial charge in [0.05, 0.1) is 16.9 Å². The van der Waals surface area contributed by atoms with Crippen LogP contribution in [0.4, 0.5) is 19.0 Å². The third kappa shape index (κ3) is 5.61. The van der Waals surface area contributed by atoms with E-state index in [9.17, 15) is 26.4 Å². The smallest absolute Gasteiger partial charge is 0.417 e. The third-order valence-electron chi connectivity index (χ3n) is 5.57. The van der Waals surface area contributed by atoms with Crippen LogP contribution < -0.4 is 4.90 Å². The standard InChI is InChI=1S/C22H23BrF3N3O4S/c1-3-19(34(32,33)17-10-14(2)21(23)15(11-17)12-20(30)31)29-8-6-28(7-9-29)18-5-4-16(13-27-18)22(24,25)26/h3-5,10-11,13,19H,1,6-9,12H2,2H3,(H,30,31). The zero-order valence-corrected chi connectivity index (χ0v) is 20.6. The molecule has 1 unspecified atom stereocenters. The maximum Gasteiger partial charge on any atom is 0.417 e. The summed E-state index contributed by atoms with van der Waals surface area (Å²) in [5, 5.41) is 8.10. The predicted molar refractivity (Wildman–Crippen MR) is 124 cm³/mol. The molecule has 2 aromatic rings. The second kappa shape index (κ2) is 10.0. The SMILES string of the molecule is C=CC(N1CCN(c2ccc(C(F)(F)F)cn2)CC1)S(=O)(=O)c1cc(C)c(Br)c(CC(=O)O)c1. The van der Waals surface area contributed by atoms with Gasteiger partial charge in [0.25, 0.3) is 0 Å². The van der Waals surface area contributed by atoms with E-state index in [0.717, 1.165) is 12.3 Å². The van der Waals surface area contributed by atoms with Crippen molar-refractivity contribution in [3.05, 3.63) is 64.3 Å². The van der Waals surface area contributed by atoms with E-state index in [4.69, 9.17) is 5.11 Å². The molecule has 0 saturated carbocycles. The first kappa shape index (κ1) is 26.2. The molecule has 12 heteroatoms. The molecule has 0 aliphatic carbocycles. The van der Waals surface area contributed by atoms with Gasteiger partial charge in [-0.2, -0.15) is 13.2 Å². The van der Waals surface area contributed by atoms with Crippen molar-refractivity contribution in [2.24, 2.45) is 0 Å². The quantitative estimate of drug-likeness (QED) is 0.512. The van der Waals surface area contributed by atoms with E-state index in [2.05, 4.69) is 27.5 Å². The molecule has 0 spiro atoms. The minimum atomic E-state index is -4.47. The largest absolute Gasteiger partial charge is 0.481 e. The van der Waals surface area contributed by atoms with E-state index in [-0.39, 0.29) is 11.3 Å². The number of piperazine rings is 1. The van der Waals surface area contributed by atoms with Gasteiger partial charge in [0, 0.05) is 36.8 Å². The lowest BCUT2D eigenvalue weighted by Crippen LogP contribution is -2.52. The number of pyridine rings is 1. The van der Waals surface area contributed by atoms with Crippen LogP contribution in [-0.2, 0) is 27.2 Å². The molecule has 1 atom stereocenters. The fourth-order valence-corrected chi connectivity index (χ4v) is 5.97. The second-order valence-electron chi connectivity index (χ2n) is 7.88. The number of sulfone groups is 1. The first-order valence-corrected chi connectivity index (χ1v) is 12.6. The van der Waals surface area contributed by atoms with Crippen LogP contribution in [0.15, 0.2) is 52.5 Å². The first-order chi connectivity index (χ1) is 15.8. The molecule has 3 rings (SSSR count). The van der Waals surface area contributed by atoms with Gasteiger partial charge in [-0.05, 0) is 42.3 Å². The molecule has 7 nitrogen and oxygen atoms in total. The number of hydrogen-bond acceptors (Lipinski definition) is 6. The number of anilines is 1. The summed E-state index contributed by atoms with van der Waals surface area (Å²) in [7, 11) is -3.92. The molecule has 1 aliphatic rings. The molecular weight excluding hydrogens is 539 g/mol. The van der Waals surface area contributed by atoms with E-state index in [1.165, 1.54) is 24.3 Å². The van der Waals surface area contributed by atoms with Crippen LogP contribution >= 0.6 is 15.9 Å². The van der Waals surface area contributed by atoms with Gasteiger partial charge in [0.2, 0.25) is 0 Å². The number of aliphatic carboxylic acids is 1. The highest BCUT2D eigenvalue weighted by Crippen LogP contribution is 2.31. The Kier molecular flexibility index (Phi) is 7.73. The van der Waals surface area contributed by atoms with Crippen LogP contribution in [0.2, 0.25) is 0 Å². The fourth-order valence-electron chi connectivity index (χ4n) is 3.82. The van der Waals surface area contributed by atoms with Gasteiger partial charge in [-0.3, -0.25) is 9.69 Å². The fraction of sp³-hybridized carbons (Fsp3) is 0.364.